The smallest absolute Gasteiger partial charge is 0.285 e. The number of rotatable bonds is 6. The number of fused-ring (bicyclic) bond motifs is 1. The maximum absolute atomic E-state index is 13.4. The Balaban J connectivity index is 1.70. The monoisotopic (exact) mass is 462 g/mol. The van der Waals surface area contributed by atoms with E-state index in [1.54, 1.807) is 54.6 Å². The molecule has 4 aromatic rings. The number of benzene rings is 3. The van der Waals surface area contributed by atoms with Crippen molar-refractivity contribution in [2.75, 3.05) is 10.8 Å². The highest BCUT2D eigenvalue weighted by atomic mass is 32.2. The van der Waals surface area contributed by atoms with Crippen LogP contribution >= 0.6 is 0 Å². The van der Waals surface area contributed by atoms with Crippen molar-refractivity contribution < 1.29 is 18.3 Å². The molecule has 8 nitrogen and oxygen atoms in total. The van der Waals surface area contributed by atoms with Crippen LogP contribution in [0.3, 0.4) is 0 Å². The van der Waals surface area contributed by atoms with Gasteiger partial charge in [-0.15, -0.1) is 10.2 Å². The Bertz CT molecular complexity index is 1440. The van der Waals surface area contributed by atoms with Gasteiger partial charge in [0.15, 0.2) is 5.69 Å². The second-order valence-electron chi connectivity index (χ2n) is 7.63. The van der Waals surface area contributed by atoms with E-state index in [0.29, 0.717) is 16.6 Å². The highest BCUT2D eigenvalue weighted by Gasteiger charge is 2.27. The predicted molar refractivity (Wildman–Crippen MR) is 126 cm³/mol. The first-order valence-electron chi connectivity index (χ1n) is 10.2. The molecule has 0 atom stereocenters. The third kappa shape index (κ3) is 4.63. The first-order valence-corrected chi connectivity index (χ1v) is 11.6. The number of aromatic nitrogens is 1. The van der Waals surface area contributed by atoms with Gasteiger partial charge in [0.2, 0.25) is 5.88 Å². The fraction of sp³-hybridized carbons (Fsp3) is 0.125. The Kier molecular flexibility index (Phi) is 5.97. The third-order valence-electron chi connectivity index (χ3n) is 5.03. The zero-order valence-corrected chi connectivity index (χ0v) is 18.9. The van der Waals surface area contributed by atoms with Gasteiger partial charge < -0.3 is 10.1 Å². The van der Waals surface area contributed by atoms with E-state index in [1.807, 2.05) is 19.9 Å². The van der Waals surface area contributed by atoms with Gasteiger partial charge in [0, 0.05) is 5.39 Å². The average Bonchev–Trinajstić information content (AvgIpc) is 3.10. The number of amides is 1. The van der Waals surface area contributed by atoms with E-state index in [4.69, 9.17) is 0 Å². The van der Waals surface area contributed by atoms with E-state index in [-0.39, 0.29) is 16.5 Å². The van der Waals surface area contributed by atoms with Crippen LogP contribution in [0.15, 0.2) is 87.9 Å². The van der Waals surface area contributed by atoms with Crippen LogP contribution in [-0.4, -0.2) is 31.0 Å². The van der Waals surface area contributed by atoms with Crippen LogP contribution < -0.4 is 4.31 Å². The lowest BCUT2D eigenvalue weighted by molar-refractivity contribution is -0.116. The molecule has 1 aromatic heterocycles. The van der Waals surface area contributed by atoms with E-state index in [0.717, 1.165) is 15.4 Å². The number of nitrogens with one attached hydrogen (secondary N) is 1. The van der Waals surface area contributed by atoms with Gasteiger partial charge >= 0.3 is 0 Å². The highest BCUT2D eigenvalue weighted by molar-refractivity contribution is 7.92. The lowest BCUT2D eigenvalue weighted by Crippen LogP contribution is -2.35. The van der Waals surface area contributed by atoms with E-state index >= 15 is 0 Å². The molecule has 2 N–H and O–H groups in total. The van der Waals surface area contributed by atoms with Crippen molar-refractivity contribution in [1.82, 2.24) is 4.98 Å². The lowest BCUT2D eigenvalue weighted by atomic mass is 10.1. The molecule has 4 rings (SSSR count). The Hall–Kier alpha value is -3.98. The number of carbonyl (C=O) groups excluding carboxylic acids is 1. The molecule has 0 spiro atoms. The number of hydrogen-bond acceptors (Lipinski definition) is 5. The van der Waals surface area contributed by atoms with Crippen molar-refractivity contribution in [2.24, 2.45) is 10.2 Å². The molecular weight excluding hydrogens is 440 g/mol. The number of H-pyrrole nitrogens is 1. The molecule has 0 aliphatic heterocycles. The van der Waals surface area contributed by atoms with Gasteiger partial charge in [-0.25, -0.2) is 8.42 Å². The Labute approximate surface area is 191 Å². The van der Waals surface area contributed by atoms with E-state index in [9.17, 15) is 18.3 Å². The molecule has 1 amide bonds. The number of aromatic hydroxyl groups is 1. The minimum atomic E-state index is -4.04. The molecule has 168 valence electrons. The highest BCUT2D eigenvalue weighted by Crippen LogP contribution is 2.35. The number of hydrogen-bond donors (Lipinski definition) is 2. The average molecular weight is 463 g/mol. The Morgan fingerprint density at radius 1 is 0.970 bits per heavy atom. The van der Waals surface area contributed by atoms with Crippen molar-refractivity contribution in [3.8, 4) is 5.88 Å². The van der Waals surface area contributed by atoms with Crippen molar-refractivity contribution in [3.05, 3.63) is 83.9 Å². The number of azo groups is 1. The van der Waals surface area contributed by atoms with Gasteiger partial charge in [0.25, 0.3) is 15.9 Å². The van der Waals surface area contributed by atoms with Crippen molar-refractivity contribution in [2.45, 2.75) is 18.7 Å². The summed E-state index contributed by atoms with van der Waals surface area (Å²) in [5.41, 5.74) is 2.82. The molecule has 33 heavy (non-hydrogen) atoms. The molecular formula is C24H22N4O4S. The summed E-state index contributed by atoms with van der Waals surface area (Å²) in [6, 6.07) is 20.3. The molecule has 9 heteroatoms. The minimum absolute atomic E-state index is 0.0585. The van der Waals surface area contributed by atoms with E-state index < -0.39 is 22.5 Å². The number of anilines is 1. The van der Waals surface area contributed by atoms with Gasteiger partial charge in [-0.2, -0.15) is 0 Å². The fourth-order valence-electron chi connectivity index (χ4n) is 3.60. The first kappa shape index (κ1) is 22.2. The summed E-state index contributed by atoms with van der Waals surface area (Å²) in [6.07, 6.45) is 0. The number of aryl methyl sites for hydroxylation is 2. The molecule has 0 unspecified atom stereocenters. The quantitative estimate of drug-likeness (QED) is 0.393. The maximum Gasteiger partial charge on any atom is 0.285 e. The van der Waals surface area contributed by atoms with Crippen LogP contribution in [0.4, 0.5) is 11.4 Å². The molecule has 0 saturated carbocycles. The third-order valence-corrected chi connectivity index (χ3v) is 6.81. The number of para-hydroxylation sites is 1. The van der Waals surface area contributed by atoms with Crippen LogP contribution in [0.2, 0.25) is 0 Å². The zero-order valence-electron chi connectivity index (χ0n) is 18.1. The maximum atomic E-state index is 13.4. The summed E-state index contributed by atoms with van der Waals surface area (Å²) < 4.78 is 27.8. The van der Waals surface area contributed by atoms with E-state index in [2.05, 4.69) is 15.2 Å². The van der Waals surface area contributed by atoms with Gasteiger partial charge in [0.05, 0.1) is 16.1 Å². The fourth-order valence-corrected chi connectivity index (χ4v) is 5.02. The topological polar surface area (TPSA) is 115 Å². The van der Waals surface area contributed by atoms with Crippen molar-refractivity contribution in [1.29, 1.82) is 0 Å². The Morgan fingerprint density at radius 2 is 1.61 bits per heavy atom. The van der Waals surface area contributed by atoms with Crippen LogP contribution in [0.1, 0.15) is 11.1 Å². The molecule has 0 saturated heterocycles. The van der Waals surface area contributed by atoms with Gasteiger partial charge in [0.1, 0.15) is 6.54 Å². The summed E-state index contributed by atoms with van der Waals surface area (Å²) in [6.45, 7) is 3.16. The summed E-state index contributed by atoms with van der Waals surface area (Å²) in [4.78, 5) is 15.6. The van der Waals surface area contributed by atoms with Crippen LogP contribution in [0.25, 0.3) is 10.9 Å². The summed E-state index contributed by atoms with van der Waals surface area (Å²) >= 11 is 0. The van der Waals surface area contributed by atoms with Crippen molar-refractivity contribution >= 4 is 38.2 Å². The van der Waals surface area contributed by atoms with Crippen molar-refractivity contribution in [3.63, 3.8) is 0 Å². The number of carbonyl (C=O) groups is 1. The molecule has 1 heterocycles. The van der Waals surface area contributed by atoms with E-state index in [1.165, 1.54) is 12.1 Å². The van der Waals surface area contributed by atoms with Crippen LogP contribution in [0, 0.1) is 13.8 Å². The molecule has 0 radical (unpaired) electrons. The Morgan fingerprint density at radius 3 is 2.30 bits per heavy atom. The molecule has 0 bridgehead atoms. The van der Waals surface area contributed by atoms with Gasteiger partial charge in [-0.1, -0.05) is 42.5 Å². The molecule has 0 aliphatic carbocycles. The van der Waals surface area contributed by atoms with Crippen LogP contribution in [0.5, 0.6) is 5.88 Å². The summed E-state index contributed by atoms with van der Waals surface area (Å²) in [5.74, 6) is -1.01. The lowest BCUT2D eigenvalue weighted by Gasteiger charge is -2.23. The molecule has 0 fully saturated rings. The number of nitrogens with zero attached hydrogens (tertiary/aromatic N) is 3. The second-order valence-corrected chi connectivity index (χ2v) is 9.49. The molecule has 0 aliphatic rings. The number of sulfonamides is 1. The SMILES string of the molecule is Cc1cc(C)cc(N(CC(=O)N=Nc2c(O)[nH]c3ccccc23)S(=O)(=O)c2ccccc2)c1. The minimum Gasteiger partial charge on any atom is -0.493 e. The second kappa shape index (κ2) is 8.87. The van der Waals surface area contributed by atoms with Gasteiger partial charge in [-0.05, 0) is 55.3 Å². The normalized spacial score (nSPS) is 11.8. The van der Waals surface area contributed by atoms with Crippen LogP contribution in [-0.2, 0) is 14.8 Å². The largest absolute Gasteiger partial charge is 0.493 e. The predicted octanol–water partition coefficient (Wildman–Crippen LogP) is 5.00. The first-order chi connectivity index (χ1) is 15.8. The number of aromatic amines is 1. The zero-order chi connectivity index (χ0) is 23.6. The standard InChI is InChI=1S/C24H22N4O4S/c1-16-12-17(2)14-18(13-16)28(33(31,32)19-8-4-3-5-9-19)15-22(29)26-27-23-20-10-6-7-11-21(20)25-24(23)30/h3-14,25,30H,15H2,1-2H3. The van der Waals surface area contributed by atoms with Gasteiger partial charge in [-0.3, -0.25) is 9.10 Å². The molecule has 3 aromatic carbocycles. The summed E-state index contributed by atoms with van der Waals surface area (Å²) in [5, 5.41) is 18.3. The summed E-state index contributed by atoms with van der Waals surface area (Å²) in [7, 11) is -4.04.